The molecule has 1 atom stereocenters. The molecule has 122 valence electrons. The summed E-state index contributed by atoms with van der Waals surface area (Å²) in [7, 11) is 4.21. The molecular weight excluding hydrogens is 312 g/mol. The lowest BCUT2D eigenvalue weighted by atomic mass is 10.2. The molecule has 3 rings (SSSR count). The Kier molecular flexibility index (Phi) is 4.54. The number of nitrogens with zero attached hydrogens (tertiary/aromatic N) is 4. The number of nitrogens with one attached hydrogen (secondary N) is 1. The predicted molar refractivity (Wildman–Crippen MR) is 95.5 cm³/mol. The standard InChI is InChI=1S/C16H21ClN6/c1-22(2)13-6-7-23(10-13)15-9-14(20-16(18)21-15)19-12-5-3-4-11(17)8-12/h3-5,8-9,13H,6-7,10H2,1-2H3,(H3,18,19,20,21)/t13-/m1/s1. The molecule has 1 aliphatic rings. The Hall–Kier alpha value is -2.05. The fourth-order valence-corrected chi connectivity index (χ4v) is 2.95. The summed E-state index contributed by atoms with van der Waals surface area (Å²) >= 11 is 6.01. The van der Waals surface area contributed by atoms with Crippen molar-refractivity contribution in [3.63, 3.8) is 0 Å². The minimum Gasteiger partial charge on any atom is -0.368 e. The molecule has 0 bridgehead atoms. The molecule has 1 aromatic carbocycles. The molecule has 2 heterocycles. The highest BCUT2D eigenvalue weighted by atomic mass is 35.5. The number of nitrogen functional groups attached to an aromatic ring is 1. The fraction of sp³-hybridized carbons (Fsp3) is 0.375. The Morgan fingerprint density at radius 1 is 1.30 bits per heavy atom. The summed E-state index contributed by atoms with van der Waals surface area (Å²) in [4.78, 5) is 13.1. The molecule has 1 aromatic heterocycles. The first kappa shape index (κ1) is 15.8. The van der Waals surface area contributed by atoms with E-state index in [1.807, 2.05) is 30.3 Å². The van der Waals surface area contributed by atoms with Gasteiger partial charge in [-0.1, -0.05) is 17.7 Å². The van der Waals surface area contributed by atoms with E-state index in [-0.39, 0.29) is 5.95 Å². The zero-order valence-corrected chi connectivity index (χ0v) is 14.1. The Morgan fingerprint density at radius 2 is 2.13 bits per heavy atom. The summed E-state index contributed by atoms with van der Waals surface area (Å²) in [5, 5.41) is 3.90. The number of rotatable bonds is 4. The highest BCUT2D eigenvalue weighted by molar-refractivity contribution is 6.30. The molecule has 1 saturated heterocycles. The molecule has 3 N–H and O–H groups in total. The number of nitrogens with two attached hydrogens (primary N) is 1. The smallest absolute Gasteiger partial charge is 0.223 e. The first-order valence-electron chi connectivity index (χ1n) is 7.60. The van der Waals surface area contributed by atoms with Gasteiger partial charge in [0.05, 0.1) is 0 Å². The van der Waals surface area contributed by atoms with Crippen LogP contribution in [0, 0.1) is 0 Å². The molecule has 23 heavy (non-hydrogen) atoms. The van der Waals surface area contributed by atoms with Crippen molar-refractivity contribution in [3.05, 3.63) is 35.4 Å². The summed E-state index contributed by atoms with van der Waals surface area (Å²) in [6, 6.07) is 9.96. The Balaban J connectivity index is 1.80. The SMILES string of the molecule is CN(C)[C@@H]1CCN(c2cc(Nc3cccc(Cl)c3)nc(N)n2)C1. The van der Waals surface area contributed by atoms with Crippen molar-refractivity contribution < 1.29 is 0 Å². The Morgan fingerprint density at radius 3 is 2.83 bits per heavy atom. The van der Waals surface area contributed by atoms with Crippen LogP contribution in [0.5, 0.6) is 0 Å². The summed E-state index contributed by atoms with van der Waals surface area (Å²) < 4.78 is 0. The van der Waals surface area contributed by atoms with E-state index >= 15 is 0 Å². The van der Waals surface area contributed by atoms with Crippen molar-refractivity contribution in [2.45, 2.75) is 12.5 Å². The molecule has 7 heteroatoms. The van der Waals surface area contributed by atoms with Gasteiger partial charge in [-0.3, -0.25) is 0 Å². The number of likely N-dealkylation sites (N-methyl/N-ethyl adjacent to an activating group) is 1. The van der Waals surface area contributed by atoms with Gasteiger partial charge in [-0.25, -0.2) is 0 Å². The number of hydrogen-bond acceptors (Lipinski definition) is 6. The minimum atomic E-state index is 0.264. The van der Waals surface area contributed by atoms with Crippen LogP contribution in [-0.4, -0.2) is 48.1 Å². The van der Waals surface area contributed by atoms with Crippen LogP contribution < -0.4 is 16.0 Å². The van der Waals surface area contributed by atoms with Crippen LogP contribution in [-0.2, 0) is 0 Å². The monoisotopic (exact) mass is 332 g/mol. The van der Waals surface area contributed by atoms with Gasteiger partial charge in [0, 0.05) is 35.9 Å². The lowest BCUT2D eigenvalue weighted by Gasteiger charge is -2.21. The van der Waals surface area contributed by atoms with E-state index in [0.29, 0.717) is 16.9 Å². The second kappa shape index (κ2) is 6.60. The lowest BCUT2D eigenvalue weighted by molar-refractivity contribution is 0.315. The highest BCUT2D eigenvalue weighted by Crippen LogP contribution is 2.25. The molecular formula is C16H21ClN6. The van der Waals surface area contributed by atoms with E-state index in [2.05, 4.69) is 39.2 Å². The van der Waals surface area contributed by atoms with Crippen molar-refractivity contribution in [1.29, 1.82) is 0 Å². The van der Waals surface area contributed by atoms with Crippen LogP contribution in [0.3, 0.4) is 0 Å². The molecule has 6 nitrogen and oxygen atoms in total. The first-order valence-corrected chi connectivity index (χ1v) is 7.97. The largest absolute Gasteiger partial charge is 0.368 e. The van der Waals surface area contributed by atoms with Crippen LogP contribution in [0.15, 0.2) is 30.3 Å². The van der Waals surface area contributed by atoms with Gasteiger partial charge in [0.2, 0.25) is 5.95 Å². The second-order valence-electron chi connectivity index (χ2n) is 5.96. The van der Waals surface area contributed by atoms with Gasteiger partial charge in [0.1, 0.15) is 11.6 Å². The zero-order valence-electron chi connectivity index (χ0n) is 13.3. The van der Waals surface area contributed by atoms with Crippen LogP contribution in [0.25, 0.3) is 0 Å². The van der Waals surface area contributed by atoms with Gasteiger partial charge in [-0.15, -0.1) is 0 Å². The third-order valence-corrected chi connectivity index (χ3v) is 4.28. The minimum absolute atomic E-state index is 0.264. The molecule has 1 aliphatic heterocycles. The number of benzene rings is 1. The van der Waals surface area contributed by atoms with Crippen LogP contribution in [0.1, 0.15) is 6.42 Å². The molecule has 0 spiro atoms. The van der Waals surface area contributed by atoms with Crippen molar-refractivity contribution in [1.82, 2.24) is 14.9 Å². The van der Waals surface area contributed by atoms with E-state index in [1.54, 1.807) is 0 Å². The van der Waals surface area contributed by atoms with Gasteiger partial charge < -0.3 is 20.9 Å². The van der Waals surface area contributed by atoms with E-state index in [0.717, 1.165) is 31.0 Å². The number of halogens is 1. The molecule has 0 amide bonds. The maximum atomic E-state index is 6.01. The van der Waals surface area contributed by atoms with Crippen molar-refractivity contribution >= 4 is 34.9 Å². The molecule has 0 radical (unpaired) electrons. The summed E-state index contributed by atoms with van der Waals surface area (Å²) in [5.41, 5.74) is 6.75. The maximum absolute atomic E-state index is 6.01. The van der Waals surface area contributed by atoms with Gasteiger partial charge in [0.15, 0.2) is 0 Å². The number of anilines is 4. The van der Waals surface area contributed by atoms with Crippen molar-refractivity contribution in [3.8, 4) is 0 Å². The number of aromatic nitrogens is 2. The molecule has 1 fully saturated rings. The third kappa shape index (κ3) is 3.83. The van der Waals surface area contributed by atoms with Gasteiger partial charge in [-0.05, 0) is 38.7 Å². The number of hydrogen-bond donors (Lipinski definition) is 2. The average Bonchev–Trinajstić information content (AvgIpc) is 2.96. The van der Waals surface area contributed by atoms with Gasteiger partial charge >= 0.3 is 0 Å². The summed E-state index contributed by atoms with van der Waals surface area (Å²) in [6.07, 6.45) is 1.12. The van der Waals surface area contributed by atoms with Crippen LogP contribution in [0.4, 0.5) is 23.3 Å². The summed E-state index contributed by atoms with van der Waals surface area (Å²) in [5.74, 6) is 1.79. The fourth-order valence-electron chi connectivity index (χ4n) is 2.76. The van der Waals surface area contributed by atoms with Crippen molar-refractivity contribution in [2.75, 3.05) is 43.1 Å². The van der Waals surface area contributed by atoms with Crippen LogP contribution >= 0.6 is 11.6 Å². The molecule has 0 unspecified atom stereocenters. The highest BCUT2D eigenvalue weighted by Gasteiger charge is 2.25. The molecule has 0 aliphatic carbocycles. The van der Waals surface area contributed by atoms with E-state index in [1.165, 1.54) is 0 Å². The van der Waals surface area contributed by atoms with Gasteiger partial charge in [0.25, 0.3) is 0 Å². The second-order valence-corrected chi connectivity index (χ2v) is 6.39. The first-order chi connectivity index (χ1) is 11.0. The third-order valence-electron chi connectivity index (χ3n) is 4.04. The van der Waals surface area contributed by atoms with Crippen molar-refractivity contribution in [2.24, 2.45) is 0 Å². The zero-order chi connectivity index (χ0) is 16.4. The lowest BCUT2D eigenvalue weighted by Crippen LogP contribution is -2.31. The topological polar surface area (TPSA) is 70.3 Å². The molecule has 0 saturated carbocycles. The maximum Gasteiger partial charge on any atom is 0.223 e. The average molecular weight is 333 g/mol. The van der Waals surface area contributed by atoms with Crippen LogP contribution in [0.2, 0.25) is 5.02 Å². The van der Waals surface area contributed by atoms with E-state index in [9.17, 15) is 0 Å². The van der Waals surface area contributed by atoms with E-state index < -0.39 is 0 Å². The van der Waals surface area contributed by atoms with Gasteiger partial charge in [-0.2, -0.15) is 9.97 Å². The quantitative estimate of drug-likeness (QED) is 0.896. The Bertz CT molecular complexity index is 690. The van der Waals surface area contributed by atoms with E-state index in [4.69, 9.17) is 17.3 Å². The predicted octanol–water partition coefficient (Wildman–Crippen LogP) is 2.60. The molecule has 2 aromatic rings. The normalized spacial score (nSPS) is 17.7. The summed E-state index contributed by atoms with van der Waals surface area (Å²) in [6.45, 7) is 1.91. The Labute approximate surface area is 141 Å².